The second kappa shape index (κ2) is 56.7. The summed E-state index contributed by atoms with van der Waals surface area (Å²) in [6.45, 7) is 25.3. The highest BCUT2D eigenvalue weighted by atomic mass is 16.4. The van der Waals surface area contributed by atoms with Crippen molar-refractivity contribution in [3.8, 4) is 0 Å². The first-order chi connectivity index (χ1) is 26.8. The van der Waals surface area contributed by atoms with Crippen LogP contribution in [0.25, 0.3) is 0 Å². The Morgan fingerprint density at radius 2 is 1.05 bits per heavy atom. The lowest BCUT2D eigenvalue weighted by Gasteiger charge is -2.08. The van der Waals surface area contributed by atoms with Crippen LogP contribution in [0, 0.1) is 17.8 Å². The topological polar surface area (TPSA) is 149 Å². The van der Waals surface area contributed by atoms with E-state index < -0.39 is 11.9 Å². The minimum Gasteiger partial charge on any atom is -0.481 e. The fourth-order valence-corrected chi connectivity index (χ4v) is 4.68. The lowest BCUT2D eigenvalue weighted by molar-refractivity contribution is -0.142. The van der Waals surface area contributed by atoms with Crippen molar-refractivity contribution in [1.29, 1.82) is 0 Å². The van der Waals surface area contributed by atoms with Crippen LogP contribution in [0.4, 0.5) is 0 Å². The van der Waals surface area contributed by atoms with E-state index in [2.05, 4.69) is 61.5 Å². The Labute approximate surface area is 347 Å². The van der Waals surface area contributed by atoms with E-state index in [0.29, 0.717) is 30.4 Å². The van der Waals surface area contributed by atoms with Crippen molar-refractivity contribution in [2.75, 3.05) is 13.2 Å². The molecule has 0 radical (unpaired) electrons. The number of unbranched alkanes of at least 4 members (excludes halogenated alkanes) is 6. The number of carbonyl (C=O) groups is 4. The Hall–Kier alpha value is -2.58. The summed E-state index contributed by atoms with van der Waals surface area (Å²) in [4.78, 5) is 41.2. The van der Waals surface area contributed by atoms with Gasteiger partial charge < -0.3 is 25.2 Å². The highest BCUT2D eigenvalue weighted by Gasteiger charge is 2.13. The Morgan fingerprint density at radius 3 is 1.38 bits per heavy atom. The Balaban J connectivity index is -0.000000134. The van der Waals surface area contributed by atoms with E-state index >= 15 is 0 Å². The molecule has 0 rings (SSSR count). The molecule has 0 spiro atoms. The van der Waals surface area contributed by atoms with Crippen molar-refractivity contribution < 1.29 is 39.6 Å². The molecular weight excluding hydrogens is 705 g/mol. The molecule has 8 heteroatoms. The average molecular weight is 799 g/mol. The summed E-state index contributed by atoms with van der Waals surface area (Å²) in [5, 5.41) is 34.6. The highest BCUT2D eigenvalue weighted by molar-refractivity contribution is 5.86. The summed E-state index contributed by atoms with van der Waals surface area (Å²) in [6.07, 6.45) is 29.7. The molecule has 0 aliphatic heterocycles. The fourth-order valence-electron chi connectivity index (χ4n) is 4.68. The Bertz CT molecular complexity index is 912. The standard InChI is InChI=1S/C8H16O2.C8H14O2.C8H18O.2C8H16O.C8H14O/c2*1-3-5-6-7(4-2)8(9)10;4*1-3-5-6-8(4-2)7-9/h7H,3-6H2,1-2H3,(H,9,10);6H,3-5H2,1-2H3,(H,9,10);8-9H,3-7H2,1-2H3;7-8H,3-6H2,1-2H3;6,9H,3-5,7H2,1-2H3;6-7H,3-5H2,1-2H3/b;7-6+;;;2*8-6+. The Kier molecular flexibility index (Phi) is 66.2. The SMILES string of the molecule is CCC/C=C(/C=O)CC.CCC/C=C(\CC)C(=O)O.CCC/C=C(\CC)CO.CCCCC(C=O)CC.CCCCC(CC)C(=O)O.CCCCC(CC)CO. The van der Waals surface area contributed by atoms with E-state index in [-0.39, 0.29) is 12.5 Å². The lowest BCUT2D eigenvalue weighted by Crippen LogP contribution is -2.11. The Morgan fingerprint density at radius 1 is 0.554 bits per heavy atom. The third kappa shape index (κ3) is 53.5. The highest BCUT2D eigenvalue weighted by Crippen LogP contribution is 2.12. The second-order valence-corrected chi connectivity index (χ2v) is 14.0. The first kappa shape index (κ1) is 65.3. The first-order valence-electron chi connectivity index (χ1n) is 22.5. The van der Waals surface area contributed by atoms with Crippen molar-refractivity contribution in [1.82, 2.24) is 0 Å². The first-order valence-corrected chi connectivity index (χ1v) is 22.5. The van der Waals surface area contributed by atoms with Crippen LogP contribution >= 0.6 is 0 Å². The minimum absolute atomic E-state index is 0.111. The molecule has 0 aromatic heterocycles. The third-order valence-electron chi connectivity index (χ3n) is 9.16. The van der Waals surface area contributed by atoms with Gasteiger partial charge in [0.1, 0.15) is 12.6 Å². The van der Waals surface area contributed by atoms with Crippen LogP contribution in [0.1, 0.15) is 218 Å². The van der Waals surface area contributed by atoms with E-state index in [0.717, 1.165) is 114 Å². The van der Waals surface area contributed by atoms with E-state index in [4.69, 9.17) is 20.4 Å². The molecule has 3 unspecified atom stereocenters. The minimum atomic E-state index is -0.782. The van der Waals surface area contributed by atoms with Gasteiger partial charge in [0.25, 0.3) is 0 Å². The molecule has 0 aromatic carbocycles. The maximum absolute atomic E-state index is 10.4. The zero-order valence-corrected chi connectivity index (χ0v) is 38.8. The number of hydrogen-bond donors (Lipinski definition) is 4. The van der Waals surface area contributed by atoms with Crippen molar-refractivity contribution in [3.05, 3.63) is 34.9 Å². The van der Waals surface area contributed by atoms with Gasteiger partial charge in [-0.1, -0.05) is 166 Å². The molecule has 0 aliphatic carbocycles. The molecule has 3 atom stereocenters. The third-order valence-corrected chi connectivity index (χ3v) is 9.16. The van der Waals surface area contributed by atoms with Crippen LogP contribution in [0.3, 0.4) is 0 Å². The number of aldehydes is 2. The van der Waals surface area contributed by atoms with Gasteiger partial charge in [0.15, 0.2) is 0 Å². The molecule has 8 nitrogen and oxygen atoms in total. The predicted octanol–water partition coefficient (Wildman–Crippen LogP) is 13.5. The number of carboxylic acid groups (broad SMARTS) is 2. The maximum atomic E-state index is 10.4. The lowest BCUT2D eigenvalue weighted by atomic mass is 10.00. The van der Waals surface area contributed by atoms with Gasteiger partial charge in [-0.05, 0) is 87.7 Å². The quantitative estimate of drug-likeness (QED) is 0.0364. The van der Waals surface area contributed by atoms with Crippen LogP contribution < -0.4 is 0 Å². The summed E-state index contributed by atoms with van der Waals surface area (Å²) >= 11 is 0. The number of hydrogen-bond acceptors (Lipinski definition) is 6. The molecule has 334 valence electrons. The van der Waals surface area contributed by atoms with Gasteiger partial charge in [0.05, 0.1) is 12.5 Å². The van der Waals surface area contributed by atoms with Crippen LogP contribution in [0.2, 0.25) is 0 Å². The molecular formula is C48H94O8. The molecule has 0 bridgehead atoms. The molecule has 0 aromatic rings. The largest absolute Gasteiger partial charge is 0.481 e. The van der Waals surface area contributed by atoms with Crippen LogP contribution in [-0.2, 0) is 19.2 Å². The van der Waals surface area contributed by atoms with Gasteiger partial charge >= 0.3 is 11.9 Å². The molecule has 0 aliphatic rings. The number of aliphatic hydroxyl groups excluding tert-OH is 2. The van der Waals surface area contributed by atoms with E-state index in [1.165, 1.54) is 38.5 Å². The van der Waals surface area contributed by atoms with E-state index in [1.54, 1.807) is 6.08 Å². The predicted molar refractivity (Wildman–Crippen MR) is 241 cm³/mol. The van der Waals surface area contributed by atoms with Gasteiger partial charge in [-0.25, -0.2) is 4.79 Å². The van der Waals surface area contributed by atoms with Crippen LogP contribution in [0.5, 0.6) is 0 Å². The number of aliphatic hydroxyl groups is 2. The smallest absolute Gasteiger partial charge is 0.331 e. The maximum Gasteiger partial charge on any atom is 0.331 e. The summed E-state index contributed by atoms with van der Waals surface area (Å²) < 4.78 is 0. The summed E-state index contributed by atoms with van der Waals surface area (Å²) in [5.41, 5.74) is 2.62. The summed E-state index contributed by atoms with van der Waals surface area (Å²) in [6, 6.07) is 0. The average Bonchev–Trinajstić information content (AvgIpc) is 3.21. The number of aliphatic carboxylic acids is 2. The van der Waals surface area contributed by atoms with Gasteiger partial charge in [0.2, 0.25) is 0 Å². The summed E-state index contributed by atoms with van der Waals surface area (Å²) in [5.74, 6) is -0.651. The van der Waals surface area contributed by atoms with E-state index in [9.17, 15) is 19.2 Å². The van der Waals surface area contributed by atoms with Gasteiger partial charge in [-0.3, -0.25) is 9.59 Å². The number of allylic oxidation sites excluding steroid dienone is 4. The van der Waals surface area contributed by atoms with Crippen molar-refractivity contribution in [2.45, 2.75) is 218 Å². The normalized spacial score (nSPS) is 12.5. The molecule has 56 heavy (non-hydrogen) atoms. The second-order valence-electron chi connectivity index (χ2n) is 14.0. The van der Waals surface area contributed by atoms with Crippen molar-refractivity contribution in [3.63, 3.8) is 0 Å². The van der Waals surface area contributed by atoms with Gasteiger partial charge in [-0.15, -0.1) is 0 Å². The van der Waals surface area contributed by atoms with Gasteiger partial charge in [0, 0.05) is 18.1 Å². The molecule has 0 fully saturated rings. The zero-order chi connectivity index (χ0) is 44.4. The van der Waals surface area contributed by atoms with Gasteiger partial charge in [-0.2, -0.15) is 0 Å². The molecule has 0 saturated heterocycles. The van der Waals surface area contributed by atoms with Crippen molar-refractivity contribution in [2.24, 2.45) is 17.8 Å². The molecule has 0 saturated carbocycles. The number of rotatable bonds is 27. The fraction of sp³-hybridized carbons (Fsp3) is 0.792. The van der Waals surface area contributed by atoms with Crippen LogP contribution in [-0.4, -0.2) is 58.2 Å². The summed E-state index contributed by atoms with van der Waals surface area (Å²) in [7, 11) is 0. The molecule has 0 heterocycles. The number of carboxylic acids is 2. The molecule has 4 N–H and O–H groups in total. The van der Waals surface area contributed by atoms with E-state index in [1.807, 2.05) is 33.8 Å². The van der Waals surface area contributed by atoms with Crippen molar-refractivity contribution >= 4 is 24.5 Å². The molecule has 0 amide bonds. The number of carbonyl (C=O) groups excluding carboxylic acids is 2. The zero-order valence-electron chi connectivity index (χ0n) is 38.8. The van der Waals surface area contributed by atoms with Crippen LogP contribution in [0.15, 0.2) is 34.9 Å². The monoisotopic (exact) mass is 799 g/mol.